The molecule has 2 N–H and O–H groups in total. The van der Waals surface area contributed by atoms with Gasteiger partial charge in [-0.05, 0) is 18.2 Å². The van der Waals surface area contributed by atoms with E-state index in [9.17, 15) is 18.8 Å². The van der Waals surface area contributed by atoms with Gasteiger partial charge in [-0.3, -0.25) is 14.2 Å². The number of nitrogens with one attached hydrogen (secondary N) is 1. The fourth-order valence-electron chi connectivity index (χ4n) is 2.17. The van der Waals surface area contributed by atoms with Gasteiger partial charge in [0.15, 0.2) is 0 Å². The minimum absolute atomic E-state index is 0.107. The fourth-order valence-corrected chi connectivity index (χ4v) is 2.17. The molecule has 2 aromatic rings. The molecule has 0 aliphatic heterocycles. The molecule has 0 bridgehead atoms. The van der Waals surface area contributed by atoms with Gasteiger partial charge >= 0.3 is 5.97 Å². The van der Waals surface area contributed by atoms with Crippen molar-refractivity contribution in [2.75, 3.05) is 20.3 Å². The van der Waals surface area contributed by atoms with Crippen LogP contribution in [0, 0.1) is 5.82 Å². The highest BCUT2D eigenvalue weighted by Crippen LogP contribution is 2.19. The number of hydrogen-bond acceptors (Lipinski definition) is 4. The minimum atomic E-state index is -1.28. The number of rotatable bonds is 6. The van der Waals surface area contributed by atoms with E-state index in [2.05, 4.69) is 5.32 Å². The van der Waals surface area contributed by atoms with E-state index in [1.165, 1.54) is 19.2 Å². The van der Waals surface area contributed by atoms with Crippen molar-refractivity contribution < 1.29 is 23.8 Å². The first-order valence-electron chi connectivity index (χ1n) is 6.76. The summed E-state index contributed by atoms with van der Waals surface area (Å²) in [5.41, 5.74) is -0.893. The molecule has 0 aliphatic carbocycles. The molecule has 1 heterocycles. The molecule has 0 aliphatic rings. The molecule has 122 valence electrons. The third-order valence-corrected chi connectivity index (χ3v) is 3.21. The quantitative estimate of drug-likeness (QED) is 0.759. The lowest BCUT2D eigenvalue weighted by Crippen LogP contribution is -2.34. The maximum Gasteiger partial charge on any atom is 0.335 e. The van der Waals surface area contributed by atoms with Gasteiger partial charge in [0.05, 0.1) is 17.7 Å². The molecule has 1 amide bonds. The van der Waals surface area contributed by atoms with Crippen molar-refractivity contribution >= 4 is 22.8 Å². The number of carbonyl (C=O) groups excluding carboxylic acids is 1. The Hall–Kier alpha value is -2.74. The van der Waals surface area contributed by atoms with E-state index in [1.807, 2.05) is 0 Å². The van der Waals surface area contributed by atoms with E-state index in [-0.39, 0.29) is 29.6 Å². The Balaban J connectivity index is 2.43. The number of carbonyl (C=O) groups is 2. The van der Waals surface area contributed by atoms with E-state index < -0.39 is 23.3 Å². The molecular formula is C15H15FN2O5. The molecule has 0 spiro atoms. The molecule has 0 atom stereocenters. The number of pyridine rings is 1. The molecule has 0 saturated heterocycles. The van der Waals surface area contributed by atoms with E-state index in [4.69, 9.17) is 9.84 Å². The molecule has 0 saturated carbocycles. The van der Waals surface area contributed by atoms with E-state index in [0.717, 1.165) is 16.7 Å². The minimum Gasteiger partial charge on any atom is -0.478 e. The van der Waals surface area contributed by atoms with Crippen LogP contribution in [0.3, 0.4) is 0 Å². The van der Waals surface area contributed by atoms with Crippen molar-refractivity contribution in [2.45, 2.75) is 6.54 Å². The van der Waals surface area contributed by atoms with Crippen LogP contribution in [-0.2, 0) is 16.1 Å². The number of benzene rings is 1. The van der Waals surface area contributed by atoms with E-state index >= 15 is 0 Å². The van der Waals surface area contributed by atoms with E-state index in [1.54, 1.807) is 0 Å². The van der Waals surface area contributed by atoms with Gasteiger partial charge in [-0.1, -0.05) is 0 Å². The largest absolute Gasteiger partial charge is 0.478 e. The van der Waals surface area contributed by atoms with Crippen LogP contribution in [0.15, 0.2) is 29.1 Å². The van der Waals surface area contributed by atoms with Crippen LogP contribution in [0.5, 0.6) is 0 Å². The number of hydrogen-bond donors (Lipinski definition) is 2. The number of aromatic carboxylic acids is 1. The zero-order valence-corrected chi connectivity index (χ0v) is 12.3. The van der Waals surface area contributed by atoms with Crippen LogP contribution >= 0.6 is 0 Å². The number of aromatic nitrogens is 1. The van der Waals surface area contributed by atoms with Crippen molar-refractivity contribution in [1.29, 1.82) is 0 Å². The summed E-state index contributed by atoms with van der Waals surface area (Å²) in [6, 6.07) is 4.56. The smallest absolute Gasteiger partial charge is 0.335 e. The lowest BCUT2D eigenvalue weighted by Gasteiger charge is -2.11. The number of amides is 1. The molecule has 23 heavy (non-hydrogen) atoms. The summed E-state index contributed by atoms with van der Waals surface area (Å²) in [4.78, 5) is 34.7. The standard InChI is InChI=1S/C15H15FN2O5/c1-23-5-4-17-12(19)8-18-13(20)3-2-9-6-10(15(21)22)7-11(16)14(9)18/h2-3,6-7H,4-5,8H2,1H3,(H,17,19)(H,21,22). The SMILES string of the molecule is COCCNC(=O)Cn1c(=O)ccc2cc(C(=O)O)cc(F)c21. The second-order valence-electron chi connectivity index (χ2n) is 4.80. The fraction of sp³-hybridized carbons (Fsp3) is 0.267. The monoisotopic (exact) mass is 322 g/mol. The molecule has 1 aromatic heterocycles. The van der Waals surface area contributed by atoms with Crippen LogP contribution in [-0.4, -0.2) is 41.8 Å². The van der Waals surface area contributed by atoms with Crippen LogP contribution in [0.4, 0.5) is 4.39 Å². The Morgan fingerprint density at radius 1 is 1.35 bits per heavy atom. The third kappa shape index (κ3) is 3.72. The lowest BCUT2D eigenvalue weighted by atomic mass is 10.1. The van der Waals surface area contributed by atoms with Crippen molar-refractivity contribution in [2.24, 2.45) is 0 Å². The van der Waals surface area contributed by atoms with Crippen LogP contribution in [0.2, 0.25) is 0 Å². The van der Waals surface area contributed by atoms with Crippen molar-refractivity contribution in [3.8, 4) is 0 Å². The van der Waals surface area contributed by atoms with Crippen molar-refractivity contribution in [3.63, 3.8) is 0 Å². The van der Waals surface area contributed by atoms with Crippen molar-refractivity contribution in [1.82, 2.24) is 9.88 Å². The molecule has 8 heteroatoms. The van der Waals surface area contributed by atoms with Gasteiger partial charge in [-0.15, -0.1) is 0 Å². The van der Waals surface area contributed by atoms with Gasteiger partial charge in [-0.25, -0.2) is 9.18 Å². The number of ether oxygens (including phenoxy) is 1. The summed E-state index contributed by atoms with van der Waals surface area (Å²) in [7, 11) is 1.48. The Kier molecular flexibility index (Phi) is 5.07. The average Bonchev–Trinajstić information content (AvgIpc) is 2.50. The van der Waals surface area contributed by atoms with Gasteiger partial charge in [0.25, 0.3) is 5.56 Å². The normalized spacial score (nSPS) is 10.7. The summed E-state index contributed by atoms with van der Waals surface area (Å²) in [5, 5.41) is 11.7. The molecule has 2 rings (SSSR count). The highest BCUT2D eigenvalue weighted by molar-refractivity contribution is 5.94. The van der Waals surface area contributed by atoms with Crippen molar-refractivity contribution in [3.05, 3.63) is 46.0 Å². The summed E-state index contributed by atoms with van der Waals surface area (Å²) in [6.45, 7) is 0.205. The topological polar surface area (TPSA) is 97.6 Å². The van der Waals surface area contributed by atoms with E-state index in [0.29, 0.717) is 6.61 Å². The highest BCUT2D eigenvalue weighted by Gasteiger charge is 2.15. The average molecular weight is 322 g/mol. The summed E-state index contributed by atoms with van der Waals surface area (Å²) >= 11 is 0. The maximum atomic E-state index is 14.2. The molecule has 7 nitrogen and oxygen atoms in total. The zero-order valence-electron chi connectivity index (χ0n) is 12.3. The third-order valence-electron chi connectivity index (χ3n) is 3.21. The van der Waals surface area contributed by atoms with Crippen LogP contribution in [0.1, 0.15) is 10.4 Å². The van der Waals surface area contributed by atoms with Gasteiger partial charge in [0.2, 0.25) is 5.91 Å². The second-order valence-corrected chi connectivity index (χ2v) is 4.80. The Bertz CT molecular complexity index is 815. The number of methoxy groups -OCH3 is 1. The maximum absolute atomic E-state index is 14.2. The first kappa shape index (κ1) is 16.6. The van der Waals surface area contributed by atoms with Gasteiger partial charge < -0.3 is 15.2 Å². The number of nitrogens with zero attached hydrogens (tertiary/aromatic N) is 1. The Morgan fingerprint density at radius 2 is 2.09 bits per heavy atom. The Labute approximate surface area is 130 Å². The molecular weight excluding hydrogens is 307 g/mol. The molecule has 0 radical (unpaired) electrons. The zero-order chi connectivity index (χ0) is 17.0. The summed E-state index contributed by atoms with van der Waals surface area (Å²) < 4.78 is 20.0. The van der Waals surface area contributed by atoms with Gasteiger partial charge in [0.1, 0.15) is 12.4 Å². The first-order chi connectivity index (χ1) is 10.9. The van der Waals surface area contributed by atoms with Gasteiger partial charge in [0, 0.05) is 25.1 Å². The number of carboxylic acids is 1. The number of halogens is 1. The lowest BCUT2D eigenvalue weighted by molar-refractivity contribution is -0.121. The van der Waals surface area contributed by atoms with Gasteiger partial charge in [-0.2, -0.15) is 0 Å². The summed E-state index contributed by atoms with van der Waals surface area (Å²) in [5.74, 6) is -2.62. The molecule has 1 aromatic carbocycles. The number of carboxylic acid groups (broad SMARTS) is 1. The molecule has 0 fully saturated rings. The predicted molar refractivity (Wildman–Crippen MR) is 80.0 cm³/mol. The molecule has 0 unspecified atom stereocenters. The second kappa shape index (κ2) is 7.01. The van der Waals surface area contributed by atoms with Crippen LogP contribution < -0.4 is 10.9 Å². The predicted octanol–water partition coefficient (Wildman–Crippen LogP) is 0.601. The highest BCUT2D eigenvalue weighted by atomic mass is 19.1. The Morgan fingerprint density at radius 3 is 2.74 bits per heavy atom. The van der Waals surface area contributed by atoms with Crippen LogP contribution in [0.25, 0.3) is 10.9 Å². The number of fused-ring (bicyclic) bond motifs is 1. The summed E-state index contributed by atoms with van der Waals surface area (Å²) in [6.07, 6.45) is 0. The first-order valence-corrected chi connectivity index (χ1v) is 6.76.